The summed E-state index contributed by atoms with van der Waals surface area (Å²) in [5.74, 6) is 2.43. The highest BCUT2D eigenvalue weighted by atomic mass is 32.2. The molecular formula is C10H17NO2S. The van der Waals surface area contributed by atoms with Crippen LogP contribution in [0.5, 0.6) is 0 Å². The van der Waals surface area contributed by atoms with Crippen molar-refractivity contribution in [3.8, 4) is 0 Å². The first-order valence-corrected chi connectivity index (χ1v) is 6.11. The Kier molecular flexibility index (Phi) is 2.21. The highest BCUT2D eigenvalue weighted by Gasteiger charge is 2.50. The van der Waals surface area contributed by atoms with Gasteiger partial charge in [0.2, 0.25) is 0 Å². The summed E-state index contributed by atoms with van der Waals surface area (Å²) in [6.45, 7) is 7.50. The lowest BCUT2D eigenvalue weighted by Crippen LogP contribution is -2.64. The van der Waals surface area contributed by atoms with Gasteiger partial charge in [-0.1, -0.05) is 0 Å². The molecule has 4 heteroatoms. The minimum atomic E-state index is -0.367. The average Bonchev–Trinajstić information content (AvgIpc) is 1.74. The van der Waals surface area contributed by atoms with E-state index in [9.17, 15) is 4.79 Å². The van der Waals surface area contributed by atoms with Crippen molar-refractivity contribution in [3.63, 3.8) is 0 Å². The number of ether oxygens (including phenoxy) is 1. The third-order valence-electron chi connectivity index (χ3n) is 2.52. The Hall–Kier alpha value is -0.380. The molecule has 2 fully saturated rings. The number of nitrogens with zero attached hydrogens (tertiary/aromatic N) is 1. The first-order valence-electron chi connectivity index (χ1n) is 4.96. The van der Waals surface area contributed by atoms with E-state index in [0.29, 0.717) is 5.41 Å². The van der Waals surface area contributed by atoms with Gasteiger partial charge >= 0.3 is 6.09 Å². The van der Waals surface area contributed by atoms with Gasteiger partial charge in [0.1, 0.15) is 5.60 Å². The van der Waals surface area contributed by atoms with E-state index in [1.807, 2.05) is 37.4 Å². The zero-order chi connectivity index (χ0) is 10.4. The molecule has 0 aromatic rings. The van der Waals surface area contributed by atoms with Crippen molar-refractivity contribution in [3.05, 3.63) is 0 Å². The molecule has 2 saturated heterocycles. The summed E-state index contributed by atoms with van der Waals surface area (Å²) < 4.78 is 5.28. The predicted molar refractivity (Wildman–Crippen MR) is 57.6 cm³/mol. The summed E-state index contributed by atoms with van der Waals surface area (Å²) in [5, 5.41) is 0. The molecule has 2 aliphatic rings. The molecule has 2 heterocycles. The van der Waals surface area contributed by atoms with Crippen LogP contribution in [0.2, 0.25) is 0 Å². The third kappa shape index (κ3) is 1.85. The lowest BCUT2D eigenvalue weighted by atomic mass is 9.83. The van der Waals surface area contributed by atoms with Crippen molar-refractivity contribution in [1.82, 2.24) is 4.90 Å². The fourth-order valence-corrected chi connectivity index (χ4v) is 2.94. The summed E-state index contributed by atoms with van der Waals surface area (Å²) in [4.78, 5) is 13.4. The van der Waals surface area contributed by atoms with E-state index >= 15 is 0 Å². The van der Waals surface area contributed by atoms with Gasteiger partial charge in [-0.2, -0.15) is 11.8 Å². The molecule has 0 bridgehead atoms. The van der Waals surface area contributed by atoms with Crippen molar-refractivity contribution in [2.75, 3.05) is 24.6 Å². The summed E-state index contributed by atoms with van der Waals surface area (Å²) in [6, 6.07) is 0. The van der Waals surface area contributed by atoms with Crippen molar-refractivity contribution in [2.24, 2.45) is 5.41 Å². The molecule has 0 radical (unpaired) electrons. The number of carbonyl (C=O) groups excluding carboxylic acids is 1. The van der Waals surface area contributed by atoms with Crippen LogP contribution in [0.1, 0.15) is 20.8 Å². The Bertz CT molecular complexity index is 247. The second-order valence-corrected chi connectivity index (χ2v) is 6.31. The topological polar surface area (TPSA) is 29.5 Å². The van der Waals surface area contributed by atoms with Crippen LogP contribution in [0.15, 0.2) is 0 Å². The molecule has 2 aliphatic heterocycles. The molecule has 80 valence electrons. The maximum Gasteiger partial charge on any atom is 0.410 e. The highest BCUT2D eigenvalue weighted by molar-refractivity contribution is 8.00. The molecule has 0 aliphatic carbocycles. The molecule has 14 heavy (non-hydrogen) atoms. The largest absolute Gasteiger partial charge is 0.444 e. The minimum absolute atomic E-state index is 0.153. The van der Waals surface area contributed by atoms with E-state index in [2.05, 4.69) is 0 Å². The maximum absolute atomic E-state index is 11.6. The smallest absolute Gasteiger partial charge is 0.410 e. The second kappa shape index (κ2) is 3.05. The Morgan fingerprint density at radius 3 is 2.29 bits per heavy atom. The Labute approximate surface area is 89.2 Å². The van der Waals surface area contributed by atoms with Gasteiger partial charge in [-0.05, 0) is 20.8 Å². The number of hydrogen-bond donors (Lipinski definition) is 0. The Morgan fingerprint density at radius 1 is 1.36 bits per heavy atom. The SMILES string of the molecule is CC(C)(C)OC(=O)N1CC2(CSC2)C1. The summed E-state index contributed by atoms with van der Waals surface area (Å²) >= 11 is 1.97. The molecule has 0 saturated carbocycles. The van der Waals surface area contributed by atoms with Crippen LogP contribution in [0, 0.1) is 5.41 Å². The van der Waals surface area contributed by atoms with Crippen molar-refractivity contribution in [1.29, 1.82) is 0 Å². The predicted octanol–water partition coefficient (Wildman–Crippen LogP) is 1.97. The van der Waals surface area contributed by atoms with Gasteiger partial charge in [0, 0.05) is 30.0 Å². The van der Waals surface area contributed by atoms with E-state index in [0.717, 1.165) is 13.1 Å². The number of thioether (sulfide) groups is 1. The van der Waals surface area contributed by atoms with E-state index < -0.39 is 0 Å². The number of hydrogen-bond acceptors (Lipinski definition) is 3. The number of carbonyl (C=O) groups is 1. The van der Waals surface area contributed by atoms with Gasteiger partial charge in [0.05, 0.1) is 0 Å². The van der Waals surface area contributed by atoms with Gasteiger partial charge in [-0.3, -0.25) is 0 Å². The third-order valence-corrected chi connectivity index (χ3v) is 4.15. The molecule has 0 aromatic heterocycles. The zero-order valence-corrected chi connectivity index (χ0v) is 9.82. The molecule has 1 spiro atoms. The molecule has 0 N–H and O–H groups in total. The second-order valence-electron chi connectivity index (χ2n) is 5.33. The van der Waals surface area contributed by atoms with Crippen LogP contribution in [-0.2, 0) is 4.74 Å². The fraction of sp³-hybridized carbons (Fsp3) is 0.900. The van der Waals surface area contributed by atoms with E-state index in [1.165, 1.54) is 11.5 Å². The lowest BCUT2D eigenvalue weighted by molar-refractivity contribution is -0.0221. The maximum atomic E-state index is 11.6. The molecular weight excluding hydrogens is 198 g/mol. The van der Waals surface area contributed by atoms with Crippen LogP contribution >= 0.6 is 11.8 Å². The van der Waals surface area contributed by atoms with Crippen LogP contribution < -0.4 is 0 Å². The number of rotatable bonds is 0. The van der Waals surface area contributed by atoms with Crippen LogP contribution in [-0.4, -0.2) is 41.2 Å². The van der Waals surface area contributed by atoms with Crippen LogP contribution in [0.4, 0.5) is 4.79 Å². The number of amides is 1. The van der Waals surface area contributed by atoms with E-state index in [4.69, 9.17) is 4.74 Å². The van der Waals surface area contributed by atoms with Gasteiger partial charge in [-0.25, -0.2) is 4.79 Å². The minimum Gasteiger partial charge on any atom is -0.444 e. The lowest BCUT2D eigenvalue weighted by Gasteiger charge is -2.54. The quantitative estimate of drug-likeness (QED) is 0.618. The first kappa shape index (κ1) is 10.1. The van der Waals surface area contributed by atoms with E-state index in [1.54, 1.807) is 0 Å². The fourth-order valence-electron chi connectivity index (χ4n) is 1.79. The van der Waals surface area contributed by atoms with Crippen molar-refractivity contribution >= 4 is 17.9 Å². The molecule has 0 unspecified atom stereocenters. The van der Waals surface area contributed by atoms with Crippen molar-refractivity contribution in [2.45, 2.75) is 26.4 Å². The summed E-state index contributed by atoms with van der Waals surface area (Å²) in [5.41, 5.74) is 0.0930. The van der Waals surface area contributed by atoms with Gasteiger partial charge in [0.25, 0.3) is 0 Å². The van der Waals surface area contributed by atoms with Crippen LogP contribution in [0.3, 0.4) is 0 Å². The van der Waals surface area contributed by atoms with Crippen molar-refractivity contribution < 1.29 is 9.53 Å². The zero-order valence-electron chi connectivity index (χ0n) is 9.00. The molecule has 0 aromatic carbocycles. The average molecular weight is 215 g/mol. The summed E-state index contributed by atoms with van der Waals surface area (Å²) in [7, 11) is 0. The Balaban J connectivity index is 1.79. The monoisotopic (exact) mass is 215 g/mol. The normalized spacial score (nSPS) is 24.1. The molecule has 0 atom stereocenters. The van der Waals surface area contributed by atoms with Gasteiger partial charge < -0.3 is 9.64 Å². The van der Waals surface area contributed by atoms with E-state index in [-0.39, 0.29) is 11.7 Å². The first-order chi connectivity index (χ1) is 6.40. The Morgan fingerprint density at radius 2 is 1.93 bits per heavy atom. The van der Waals surface area contributed by atoms with Crippen LogP contribution in [0.25, 0.3) is 0 Å². The standard InChI is InChI=1S/C10H17NO2S/c1-9(2,3)13-8(12)11-4-10(5-11)6-14-7-10/h4-7H2,1-3H3. The van der Waals surface area contributed by atoms with Gasteiger partial charge in [-0.15, -0.1) is 0 Å². The summed E-state index contributed by atoms with van der Waals surface area (Å²) in [6.07, 6.45) is -0.153. The number of likely N-dealkylation sites (tertiary alicyclic amines) is 1. The molecule has 3 nitrogen and oxygen atoms in total. The highest BCUT2D eigenvalue weighted by Crippen LogP contribution is 2.45. The molecule has 1 amide bonds. The van der Waals surface area contributed by atoms with Gasteiger partial charge in [0.15, 0.2) is 0 Å². The molecule has 2 rings (SSSR count).